The maximum absolute atomic E-state index is 12.6. The third kappa shape index (κ3) is 4.98. The van der Waals surface area contributed by atoms with Crippen LogP contribution in [0.1, 0.15) is 30.7 Å². The third-order valence-electron chi connectivity index (χ3n) is 4.50. The van der Waals surface area contributed by atoms with Gasteiger partial charge in [0, 0.05) is 16.9 Å². The SMILES string of the molecule is CCc1cccc(CC)c1NC(=O)CSc1nc(C)cc(-c2ccccc2)n1. The van der Waals surface area contributed by atoms with Crippen molar-refractivity contribution in [1.82, 2.24) is 9.97 Å². The minimum atomic E-state index is -0.0352. The van der Waals surface area contributed by atoms with Crippen molar-refractivity contribution < 1.29 is 4.79 Å². The van der Waals surface area contributed by atoms with Crippen molar-refractivity contribution >= 4 is 23.4 Å². The summed E-state index contributed by atoms with van der Waals surface area (Å²) in [5, 5.41) is 3.72. The van der Waals surface area contributed by atoms with Crippen molar-refractivity contribution in [3.63, 3.8) is 0 Å². The van der Waals surface area contributed by atoms with Crippen molar-refractivity contribution in [3.05, 3.63) is 71.4 Å². The van der Waals surface area contributed by atoms with Crippen molar-refractivity contribution in [2.24, 2.45) is 0 Å². The van der Waals surface area contributed by atoms with Gasteiger partial charge < -0.3 is 5.32 Å². The van der Waals surface area contributed by atoms with Crippen LogP contribution in [0, 0.1) is 6.92 Å². The lowest BCUT2D eigenvalue weighted by molar-refractivity contribution is -0.113. The second-order valence-corrected chi connectivity index (χ2v) is 7.48. The van der Waals surface area contributed by atoms with Crippen LogP contribution in [-0.4, -0.2) is 21.6 Å². The minimum Gasteiger partial charge on any atom is -0.325 e. The molecule has 0 spiro atoms. The van der Waals surface area contributed by atoms with Crippen LogP contribution in [0.25, 0.3) is 11.3 Å². The number of carbonyl (C=O) groups excluding carboxylic acids is 1. The Morgan fingerprint density at radius 2 is 1.64 bits per heavy atom. The van der Waals surface area contributed by atoms with Crippen LogP contribution in [-0.2, 0) is 17.6 Å². The molecule has 3 aromatic rings. The van der Waals surface area contributed by atoms with Gasteiger partial charge in [-0.2, -0.15) is 0 Å². The Kier molecular flexibility index (Phi) is 6.82. The molecular formula is C23H25N3OS. The summed E-state index contributed by atoms with van der Waals surface area (Å²) >= 11 is 1.36. The van der Waals surface area contributed by atoms with E-state index in [9.17, 15) is 4.79 Å². The predicted octanol–water partition coefficient (Wildman–Crippen LogP) is 5.31. The molecule has 2 aromatic carbocycles. The highest BCUT2D eigenvalue weighted by atomic mass is 32.2. The molecule has 4 nitrogen and oxygen atoms in total. The number of amides is 1. The Hall–Kier alpha value is -2.66. The topological polar surface area (TPSA) is 54.9 Å². The molecule has 0 aliphatic heterocycles. The van der Waals surface area contributed by atoms with Gasteiger partial charge in [0.2, 0.25) is 5.91 Å². The third-order valence-corrected chi connectivity index (χ3v) is 5.35. The van der Waals surface area contributed by atoms with E-state index in [0.717, 1.165) is 46.6 Å². The zero-order chi connectivity index (χ0) is 19.9. The molecule has 5 heteroatoms. The Morgan fingerprint density at radius 1 is 0.964 bits per heavy atom. The van der Waals surface area contributed by atoms with E-state index in [2.05, 4.69) is 41.3 Å². The number of para-hydroxylation sites is 1. The molecule has 1 heterocycles. The monoisotopic (exact) mass is 391 g/mol. The molecule has 0 fully saturated rings. The molecule has 144 valence electrons. The predicted molar refractivity (Wildman–Crippen MR) is 117 cm³/mol. The fourth-order valence-electron chi connectivity index (χ4n) is 3.07. The van der Waals surface area contributed by atoms with E-state index in [0.29, 0.717) is 5.16 Å². The lowest BCUT2D eigenvalue weighted by Gasteiger charge is -2.14. The van der Waals surface area contributed by atoms with Crippen molar-refractivity contribution in [2.45, 2.75) is 38.8 Å². The van der Waals surface area contributed by atoms with E-state index in [1.807, 2.05) is 49.4 Å². The van der Waals surface area contributed by atoms with Crippen molar-refractivity contribution in [2.75, 3.05) is 11.1 Å². The molecule has 1 N–H and O–H groups in total. The number of nitrogens with one attached hydrogen (secondary N) is 1. The number of benzene rings is 2. The van der Waals surface area contributed by atoms with Gasteiger partial charge in [-0.15, -0.1) is 0 Å². The van der Waals surface area contributed by atoms with E-state index in [1.165, 1.54) is 11.8 Å². The Bertz CT molecular complexity index is 935. The summed E-state index contributed by atoms with van der Waals surface area (Å²) in [6.07, 6.45) is 1.77. The first-order valence-corrected chi connectivity index (χ1v) is 10.5. The van der Waals surface area contributed by atoms with E-state index < -0.39 is 0 Å². The summed E-state index contributed by atoms with van der Waals surface area (Å²) in [5.74, 6) is 0.241. The van der Waals surface area contributed by atoms with Gasteiger partial charge in [0.15, 0.2) is 5.16 Å². The molecule has 0 saturated heterocycles. The molecule has 0 aliphatic carbocycles. The average Bonchev–Trinajstić information content (AvgIpc) is 2.72. The highest BCUT2D eigenvalue weighted by molar-refractivity contribution is 7.99. The van der Waals surface area contributed by atoms with Crippen LogP contribution in [0.5, 0.6) is 0 Å². The van der Waals surface area contributed by atoms with E-state index in [-0.39, 0.29) is 11.7 Å². The number of thioether (sulfide) groups is 1. The largest absolute Gasteiger partial charge is 0.325 e. The van der Waals surface area contributed by atoms with Crippen molar-refractivity contribution in [1.29, 1.82) is 0 Å². The number of rotatable bonds is 7. The standard InChI is InChI=1S/C23H25N3OS/c1-4-17-12-9-13-18(5-2)22(17)26-21(27)15-28-23-24-16(3)14-20(25-23)19-10-7-6-8-11-19/h6-14H,4-5,15H2,1-3H3,(H,26,27). The summed E-state index contributed by atoms with van der Waals surface area (Å²) in [7, 11) is 0. The number of aryl methyl sites for hydroxylation is 3. The van der Waals surface area contributed by atoms with Gasteiger partial charge in [-0.05, 0) is 37.0 Å². The lowest BCUT2D eigenvalue weighted by Crippen LogP contribution is -2.17. The lowest BCUT2D eigenvalue weighted by atomic mass is 10.0. The van der Waals surface area contributed by atoms with Gasteiger partial charge in [0.1, 0.15) is 0 Å². The molecule has 0 saturated carbocycles. The zero-order valence-corrected chi connectivity index (χ0v) is 17.3. The van der Waals surface area contributed by atoms with Gasteiger partial charge >= 0.3 is 0 Å². The summed E-state index contributed by atoms with van der Waals surface area (Å²) < 4.78 is 0. The highest BCUT2D eigenvalue weighted by Gasteiger charge is 2.12. The van der Waals surface area contributed by atoms with Crippen LogP contribution in [0.15, 0.2) is 59.8 Å². The average molecular weight is 392 g/mol. The van der Waals surface area contributed by atoms with Gasteiger partial charge in [-0.1, -0.05) is 74.1 Å². The van der Waals surface area contributed by atoms with E-state index in [4.69, 9.17) is 0 Å². The van der Waals surface area contributed by atoms with Crippen LogP contribution in [0.2, 0.25) is 0 Å². The fraction of sp³-hybridized carbons (Fsp3) is 0.261. The molecule has 0 atom stereocenters. The Balaban J connectivity index is 1.71. The molecule has 3 rings (SSSR count). The zero-order valence-electron chi connectivity index (χ0n) is 16.5. The first-order chi connectivity index (χ1) is 13.6. The number of carbonyl (C=O) groups is 1. The number of anilines is 1. The number of hydrogen-bond donors (Lipinski definition) is 1. The van der Waals surface area contributed by atoms with Gasteiger partial charge in [0.25, 0.3) is 0 Å². The van der Waals surface area contributed by atoms with Crippen molar-refractivity contribution in [3.8, 4) is 11.3 Å². The molecule has 0 aliphatic rings. The molecule has 0 bridgehead atoms. The summed E-state index contributed by atoms with van der Waals surface area (Å²) in [6, 6.07) is 18.2. The molecule has 1 amide bonds. The Morgan fingerprint density at radius 3 is 2.29 bits per heavy atom. The molecular weight excluding hydrogens is 366 g/mol. The quantitative estimate of drug-likeness (QED) is 0.438. The maximum atomic E-state index is 12.6. The smallest absolute Gasteiger partial charge is 0.234 e. The molecule has 0 radical (unpaired) electrons. The van der Waals surface area contributed by atoms with E-state index >= 15 is 0 Å². The fourth-order valence-corrected chi connectivity index (χ4v) is 3.78. The molecule has 1 aromatic heterocycles. The normalized spacial score (nSPS) is 10.7. The summed E-state index contributed by atoms with van der Waals surface area (Å²) in [6.45, 7) is 6.15. The van der Waals surface area contributed by atoms with Gasteiger partial charge in [0.05, 0.1) is 11.4 Å². The van der Waals surface area contributed by atoms with E-state index in [1.54, 1.807) is 0 Å². The first-order valence-electron chi connectivity index (χ1n) is 9.55. The van der Waals surface area contributed by atoms with Crippen LogP contribution >= 0.6 is 11.8 Å². The van der Waals surface area contributed by atoms with Crippen LogP contribution < -0.4 is 5.32 Å². The second kappa shape index (κ2) is 9.51. The summed E-state index contributed by atoms with van der Waals surface area (Å²) in [4.78, 5) is 21.7. The molecule has 28 heavy (non-hydrogen) atoms. The first kappa shape index (κ1) is 20.1. The van der Waals surface area contributed by atoms with Gasteiger partial charge in [-0.3, -0.25) is 4.79 Å². The second-order valence-electron chi connectivity index (χ2n) is 6.54. The minimum absolute atomic E-state index is 0.0352. The van der Waals surface area contributed by atoms with Crippen LogP contribution in [0.4, 0.5) is 5.69 Å². The van der Waals surface area contributed by atoms with Gasteiger partial charge in [-0.25, -0.2) is 9.97 Å². The highest BCUT2D eigenvalue weighted by Crippen LogP contribution is 2.24. The number of aromatic nitrogens is 2. The summed E-state index contributed by atoms with van der Waals surface area (Å²) in [5.41, 5.74) is 6.09. The Labute approximate surface area is 170 Å². The number of hydrogen-bond acceptors (Lipinski definition) is 4. The number of nitrogens with zero attached hydrogens (tertiary/aromatic N) is 2. The maximum Gasteiger partial charge on any atom is 0.234 e. The molecule has 0 unspecified atom stereocenters. The van der Waals surface area contributed by atoms with Crippen LogP contribution in [0.3, 0.4) is 0 Å².